The summed E-state index contributed by atoms with van der Waals surface area (Å²) >= 11 is 0. The van der Waals surface area contributed by atoms with Crippen LogP contribution in [0.2, 0.25) is 0 Å². The number of nitrogens with zero attached hydrogens (tertiary/aromatic N) is 1. The molecule has 94 valence electrons. The molecule has 0 aromatic carbocycles. The highest BCUT2D eigenvalue weighted by Crippen LogP contribution is 2.26. The SMILES string of the molecule is CCN(CCC(NC(C)C)C(=O)O)C1CC1. The van der Waals surface area contributed by atoms with Crippen LogP contribution in [0.3, 0.4) is 0 Å². The molecule has 0 radical (unpaired) electrons. The zero-order valence-corrected chi connectivity index (χ0v) is 10.6. The minimum Gasteiger partial charge on any atom is -0.480 e. The maximum atomic E-state index is 11.0. The minimum atomic E-state index is -0.736. The van der Waals surface area contributed by atoms with E-state index in [2.05, 4.69) is 17.1 Å². The molecule has 0 aliphatic heterocycles. The van der Waals surface area contributed by atoms with Gasteiger partial charge in [-0.1, -0.05) is 20.8 Å². The number of nitrogens with one attached hydrogen (secondary N) is 1. The third-order valence-electron chi connectivity index (χ3n) is 3.01. The number of hydrogen-bond acceptors (Lipinski definition) is 3. The molecule has 1 rings (SSSR count). The quantitative estimate of drug-likeness (QED) is 0.658. The highest BCUT2D eigenvalue weighted by atomic mass is 16.4. The summed E-state index contributed by atoms with van der Waals surface area (Å²) in [5, 5.41) is 12.2. The first-order valence-electron chi connectivity index (χ1n) is 6.27. The Bertz CT molecular complexity index is 227. The Balaban J connectivity index is 2.32. The predicted octanol–water partition coefficient (Wildman–Crippen LogP) is 1.31. The number of hydrogen-bond donors (Lipinski definition) is 2. The molecule has 4 heteroatoms. The van der Waals surface area contributed by atoms with Gasteiger partial charge in [0.2, 0.25) is 0 Å². The van der Waals surface area contributed by atoms with Gasteiger partial charge < -0.3 is 15.3 Å². The Morgan fingerprint density at radius 1 is 1.50 bits per heavy atom. The van der Waals surface area contributed by atoms with E-state index in [0.29, 0.717) is 6.42 Å². The maximum Gasteiger partial charge on any atom is 0.320 e. The van der Waals surface area contributed by atoms with Crippen LogP contribution in [0.4, 0.5) is 0 Å². The molecule has 4 nitrogen and oxygen atoms in total. The summed E-state index contributed by atoms with van der Waals surface area (Å²) in [5.41, 5.74) is 0. The Kier molecular flexibility index (Phi) is 5.22. The Morgan fingerprint density at radius 2 is 2.12 bits per heavy atom. The number of rotatable bonds is 8. The van der Waals surface area contributed by atoms with E-state index in [1.165, 1.54) is 12.8 Å². The van der Waals surface area contributed by atoms with Crippen LogP contribution in [0.1, 0.15) is 40.0 Å². The molecule has 0 heterocycles. The van der Waals surface area contributed by atoms with E-state index in [1.54, 1.807) is 0 Å². The van der Waals surface area contributed by atoms with Crippen LogP contribution in [0.15, 0.2) is 0 Å². The largest absolute Gasteiger partial charge is 0.480 e. The van der Waals surface area contributed by atoms with Gasteiger partial charge in [0.15, 0.2) is 0 Å². The third-order valence-corrected chi connectivity index (χ3v) is 3.01. The average molecular weight is 228 g/mol. The molecule has 0 saturated heterocycles. The van der Waals surface area contributed by atoms with Crippen LogP contribution in [0, 0.1) is 0 Å². The molecule has 0 spiro atoms. The molecule has 1 unspecified atom stereocenters. The van der Waals surface area contributed by atoms with Crippen molar-refractivity contribution < 1.29 is 9.90 Å². The molecular formula is C12H24N2O2. The summed E-state index contributed by atoms with van der Waals surface area (Å²) in [6, 6.07) is 0.531. The van der Waals surface area contributed by atoms with Crippen LogP contribution in [0.5, 0.6) is 0 Å². The molecule has 1 aliphatic rings. The highest BCUT2D eigenvalue weighted by molar-refractivity contribution is 5.73. The summed E-state index contributed by atoms with van der Waals surface area (Å²) < 4.78 is 0. The first-order valence-corrected chi connectivity index (χ1v) is 6.27. The van der Waals surface area contributed by atoms with Gasteiger partial charge in [-0.2, -0.15) is 0 Å². The third kappa shape index (κ3) is 4.49. The van der Waals surface area contributed by atoms with Gasteiger partial charge in [-0.15, -0.1) is 0 Å². The van der Waals surface area contributed by atoms with Gasteiger partial charge in [0.05, 0.1) is 0 Å². The van der Waals surface area contributed by atoms with Crippen molar-refractivity contribution in [3.05, 3.63) is 0 Å². The first kappa shape index (κ1) is 13.5. The normalized spacial score (nSPS) is 18.1. The fourth-order valence-electron chi connectivity index (χ4n) is 2.01. The van der Waals surface area contributed by atoms with E-state index in [4.69, 9.17) is 5.11 Å². The topological polar surface area (TPSA) is 52.6 Å². The zero-order chi connectivity index (χ0) is 12.1. The van der Waals surface area contributed by atoms with Crippen molar-refractivity contribution >= 4 is 5.97 Å². The fraction of sp³-hybridized carbons (Fsp3) is 0.917. The van der Waals surface area contributed by atoms with Gasteiger partial charge in [-0.25, -0.2) is 0 Å². The van der Waals surface area contributed by atoms with Crippen LogP contribution in [-0.2, 0) is 4.79 Å². The molecule has 0 aromatic heterocycles. The number of aliphatic carboxylic acids is 1. The van der Waals surface area contributed by atoms with Crippen LogP contribution in [0.25, 0.3) is 0 Å². The lowest BCUT2D eigenvalue weighted by atomic mass is 10.1. The molecule has 0 bridgehead atoms. The van der Waals surface area contributed by atoms with Crippen molar-refractivity contribution in [3.8, 4) is 0 Å². The standard InChI is InChI=1S/C12H24N2O2/c1-4-14(10-5-6-10)8-7-11(12(15)16)13-9(2)3/h9-11,13H,4-8H2,1-3H3,(H,15,16). The Labute approximate surface area is 98.0 Å². The highest BCUT2D eigenvalue weighted by Gasteiger charge is 2.28. The smallest absolute Gasteiger partial charge is 0.320 e. The van der Waals surface area contributed by atoms with Crippen LogP contribution >= 0.6 is 0 Å². The van der Waals surface area contributed by atoms with Crippen LogP contribution < -0.4 is 5.32 Å². The monoisotopic (exact) mass is 228 g/mol. The van der Waals surface area contributed by atoms with Gasteiger partial charge in [-0.05, 0) is 25.8 Å². The van der Waals surface area contributed by atoms with Gasteiger partial charge in [0.1, 0.15) is 6.04 Å². The van der Waals surface area contributed by atoms with E-state index >= 15 is 0 Å². The summed E-state index contributed by atoms with van der Waals surface area (Å²) in [4.78, 5) is 13.4. The molecule has 2 N–H and O–H groups in total. The molecule has 1 aliphatic carbocycles. The summed E-state index contributed by atoms with van der Waals surface area (Å²) in [6.45, 7) is 8.02. The second-order valence-electron chi connectivity index (χ2n) is 4.86. The molecule has 1 fully saturated rings. The van der Waals surface area contributed by atoms with Crippen molar-refractivity contribution in [3.63, 3.8) is 0 Å². The number of carboxylic acid groups (broad SMARTS) is 1. The van der Waals surface area contributed by atoms with Crippen LogP contribution in [-0.4, -0.2) is 47.2 Å². The lowest BCUT2D eigenvalue weighted by molar-refractivity contribution is -0.140. The van der Waals surface area contributed by atoms with Crippen molar-refractivity contribution in [2.75, 3.05) is 13.1 Å². The predicted molar refractivity (Wildman–Crippen MR) is 64.6 cm³/mol. The number of carboxylic acids is 1. The Hall–Kier alpha value is -0.610. The van der Waals surface area contributed by atoms with E-state index < -0.39 is 12.0 Å². The van der Waals surface area contributed by atoms with E-state index in [0.717, 1.165) is 19.1 Å². The average Bonchev–Trinajstić information content (AvgIpc) is 3.00. The van der Waals surface area contributed by atoms with E-state index in [-0.39, 0.29) is 6.04 Å². The lowest BCUT2D eigenvalue weighted by Crippen LogP contribution is -2.43. The Morgan fingerprint density at radius 3 is 2.50 bits per heavy atom. The zero-order valence-electron chi connectivity index (χ0n) is 10.6. The van der Waals surface area contributed by atoms with Gasteiger partial charge in [0, 0.05) is 18.6 Å². The number of carbonyl (C=O) groups is 1. The van der Waals surface area contributed by atoms with Crippen molar-refractivity contribution in [2.45, 2.75) is 58.2 Å². The minimum absolute atomic E-state index is 0.220. The second-order valence-corrected chi connectivity index (χ2v) is 4.86. The van der Waals surface area contributed by atoms with Crippen molar-refractivity contribution in [1.82, 2.24) is 10.2 Å². The maximum absolute atomic E-state index is 11.0. The van der Waals surface area contributed by atoms with Gasteiger partial charge in [-0.3, -0.25) is 4.79 Å². The van der Waals surface area contributed by atoms with Gasteiger partial charge >= 0.3 is 5.97 Å². The summed E-state index contributed by atoms with van der Waals surface area (Å²) in [6.07, 6.45) is 3.25. The molecule has 1 atom stereocenters. The fourth-order valence-corrected chi connectivity index (χ4v) is 2.01. The summed E-state index contributed by atoms with van der Waals surface area (Å²) in [7, 11) is 0. The molecule has 16 heavy (non-hydrogen) atoms. The molecular weight excluding hydrogens is 204 g/mol. The summed E-state index contributed by atoms with van der Waals surface area (Å²) in [5.74, 6) is -0.736. The van der Waals surface area contributed by atoms with E-state index in [9.17, 15) is 4.79 Å². The molecule has 0 aromatic rings. The molecule has 1 saturated carbocycles. The van der Waals surface area contributed by atoms with Crippen molar-refractivity contribution in [1.29, 1.82) is 0 Å². The first-order chi connectivity index (χ1) is 7.54. The van der Waals surface area contributed by atoms with E-state index in [1.807, 2.05) is 13.8 Å². The van der Waals surface area contributed by atoms with Crippen molar-refractivity contribution in [2.24, 2.45) is 0 Å². The molecule has 0 amide bonds. The second kappa shape index (κ2) is 6.21. The van der Waals surface area contributed by atoms with Gasteiger partial charge in [0.25, 0.3) is 0 Å². The lowest BCUT2D eigenvalue weighted by Gasteiger charge is -2.23.